The molecule has 0 bridgehead atoms. The van der Waals surface area contributed by atoms with Gasteiger partial charge in [0.25, 0.3) is 0 Å². The highest BCUT2D eigenvalue weighted by molar-refractivity contribution is 5.74. The molecule has 134 valence electrons. The number of amides is 2. The molecule has 0 aliphatic carbocycles. The number of hydrogen-bond acceptors (Lipinski definition) is 2. The molecule has 0 spiro atoms. The van der Waals surface area contributed by atoms with E-state index in [-0.39, 0.29) is 43.8 Å². The fourth-order valence-corrected chi connectivity index (χ4v) is 3.93. The average molecular weight is 336 g/mol. The number of carbonyl (C=O) groups is 1. The molecule has 0 radical (unpaired) electrons. The van der Waals surface area contributed by atoms with Crippen molar-refractivity contribution in [3.05, 3.63) is 0 Å². The highest BCUT2D eigenvalue weighted by Gasteiger charge is 2.51. The van der Waals surface area contributed by atoms with Crippen LogP contribution in [-0.4, -0.2) is 48.4 Å². The van der Waals surface area contributed by atoms with Crippen molar-refractivity contribution < 1.29 is 22.7 Å². The summed E-state index contributed by atoms with van der Waals surface area (Å²) in [5.74, 6) is -1.36. The van der Waals surface area contributed by atoms with Gasteiger partial charge in [-0.15, -0.1) is 0 Å². The second kappa shape index (κ2) is 6.49. The molecule has 23 heavy (non-hydrogen) atoms. The second-order valence-corrected chi connectivity index (χ2v) is 7.67. The fraction of sp³-hybridized carbons (Fsp3) is 0.938. The van der Waals surface area contributed by atoms with Gasteiger partial charge in [0, 0.05) is 19.1 Å². The third kappa shape index (κ3) is 4.52. The van der Waals surface area contributed by atoms with E-state index in [1.807, 2.05) is 13.8 Å². The summed E-state index contributed by atoms with van der Waals surface area (Å²) in [7, 11) is 0. The van der Waals surface area contributed by atoms with Gasteiger partial charge >= 0.3 is 12.2 Å². The Hall–Kier alpha value is -0.980. The molecule has 2 saturated heterocycles. The molecule has 2 aliphatic rings. The summed E-state index contributed by atoms with van der Waals surface area (Å²) in [4.78, 5) is 13.9. The quantitative estimate of drug-likeness (QED) is 0.795. The molecule has 2 aliphatic heterocycles. The van der Waals surface area contributed by atoms with E-state index < -0.39 is 17.5 Å². The molecular formula is C16H27F3N2O2. The largest absolute Gasteiger partial charge is 0.392 e. The van der Waals surface area contributed by atoms with Crippen LogP contribution in [0, 0.1) is 11.3 Å². The minimum absolute atomic E-state index is 0.0182. The monoisotopic (exact) mass is 336 g/mol. The van der Waals surface area contributed by atoms with Crippen LogP contribution in [0.4, 0.5) is 18.0 Å². The van der Waals surface area contributed by atoms with Crippen LogP contribution >= 0.6 is 0 Å². The van der Waals surface area contributed by atoms with Gasteiger partial charge in [0.15, 0.2) is 0 Å². The standard InChI is InChI=1S/C16H27F3N2O2/c1-10-7-12(8-11(2)23-10)20-14(22)21-6-5-13(16(17,18)19)15(3,4)9-21/h10-13H,5-9H2,1-4H3,(H,20,22)/t10-,11-,13+/m1/s1. The highest BCUT2D eigenvalue weighted by Crippen LogP contribution is 2.45. The van der Waals surface area contributed by atoms with Crippen molar-refractivity contribution in [2.45, 2.75) is 71.4 Å². The van der Waals surface area contributed by atoms with Crippen LogP contribution in [0.3, 0.4) is 0 Å². The maximum atomic E-state index is 13.1. The van der Waals surface area contributed by atoms with Gasteiger partial charge in [-0.1, -0.05) is 13.8 Å². The van der Waals surface area contributed by atoms with Crippen molar-refractivity contribution in [1.29, 1.82) is 0 Å². The third-order valence-corrected chi connectivity index (χ3v) is 4.94. The Morgan fingerprint density at radius 1 is 1.22 bits per heavy atom. The molecule has 2 heterocycles. The van der Waals surface area contributed by atoms with Crippen LogP contribution in [-0.2, 0) is 4.74 Å². The number of piperidine rings is 1. The SMILES string of the molecule is C[C@@H]1CC(NC(=O)N2CC[C@H](C(F)(F)F)C(C)(C)C2)C[C@@H](C)O1. The molecule has 2 fully saturated rings. The lowest BCUT2D eigenvalue weighted by molar-refractivity contribution is -0.214. The summed E-state index contributed by atoms with van der Waals surface area (Å²) in [6.07, 6.45) is -2.62. The Bertz CT molecular complexity index is 430. The molecule has 3 atom stereocenters. The van der Waals surface area contributed by atoms with E-state index in [1.54, 1.807) is 13.8 Å². The summed E-state index contributed by atoms with van der Waals surface area (Å²) < 4.78 is 44.9. The first-order chi connectivity index (χ1) is 10.5. The molecule has 4 nitrogen and oxygen atoms in total. The number of carbonyl (C=O) groups excluding carboxylic acids is 1. The van der Waals surface area contributed by atoms with E-state index in [9.17, 15) is 18.0 Å². The Morgan fingerprint density at radius 2 is 1.78 bits per heavy atom. The van der Waals surface area contributed by atoms with Gasteiger partial charge in [-0.25, -0.2) is 4.79 Å². The van der Waals surface area contributed by atoms with Gasteiger partial charge in [0.05, 0.1) is 18.1 Å². The lowest BCUT2D eigenvalue weighted by Crippen LogP contribution is -2.56. The van der Waals surface area contributed by atoms with Crippen molar-refractivity contribution in [1.82, 2.24) is 10.2 Å². The van der Waals surface area contributed by atoms with E-state index in [1.165, 1.54) is 4.90 Å². The Kier molecular flexibility index (Phi) is 5.18. The number of rotatable bonds is 1. The highest BCUT2D eigenvalue weighted by atomic mass is 19.4. The zero-order valence-electron chi connectivity index (χ0n) is 14.2. The molecule has 0 aromatic carbocycles. The fourth-order valence-electron chi connectivity index (χ4n) is 3.93. The summed E-state index contributed by atoms with van der Waals surface area (Å²) in [5, 5.41) is 2.97. The molecule has 0 aromatic rings. The first-order valence-electron chi connectivity index (χ1n) is 8.26. The molecule has 0 aromatic heterocycles. The molecule has 2 rings (SSSR count). The number of nitrogens with zero attached hydrogens (tertiary/aromatic N) is 1. The van der Waals surface area contributed by atoms with Gasteiger partial charge < -0.3 is 15.0 Å². The van der Waals surface area contributed by atoms with Gasteiger partial charge in [0.1, 0.15) is 0 Å². The number of halogens is 3. The number of alkyl halides is 3. The van der Waals surface area contributed by atoms with E-state index in [4.69, 9.17) is 4.74 Å². The normalized spacial score (nSPS) is 35.0. The van der Waals surface area contributed by atoms with Crippen molar-refractivity contribution in [2.24, 2.45) is 11.3 Å². The summed E-state index contributed by atoms with van der Waals surface area (Å²) in [6, 6.07) is -0.241. The summed E-state index contributed by atoms with van der Waals surface area (Å²) in [6.45, 7) is 7.37. The van der Waals surface area contributed by atoms with Crippen LogP contribution in [0.25, 0.3) is 0 Å². The van der Waals surface area contributed by atoms with Crippen LogP contribution in [0.2, 0.25) is 0 Å². The van der Waals surface area contributed by atoms with E-state index >= 15 is 0 Å². The first-order valence-corrected chi connectivity index (χ1v) is 8.26. The van der Waals surface area contributed by atoms with Gasteiger partial charge in [-0.3, -0.25) is 0 Å². The first kappa shape index (κ1) is 18.4. The zero-order valence-corrected chi connectivity index (χ0v) is 14.2. The van der Waals surface area contributed by atoms with Crippen molar-refractivity contribution in [2.75, 3.05) is 13.1 Å². The predicted molar refractivity (Wildman–Crippen MR) is 81.1 cm³/mol. The number of ether oxygens (including phenoxy) is 1. The predicted octanol–water partition coefficient (Wildman–Crippen LogP) is 3.56. The number of likely N-dealkylation sites (tertiary alicyclic amines) is 1. The second-order valence-electron chi connectivity index (χ2n) is 7.67. The van der Waals surface area contributed by atoms with Crippen molar-refractivity contribution >= 4 is 6.03 Å². The maximum absolute atomic E-state index is 13.1. The van der Waals surface area contributed by atoms with Crippen LogP contribution < -0.4 is 5.32 Å². The Labute approximate surface area is 135 Å². The summed E-state index contributed by atoms with van der Waals surface area (Å²) >= 11 is 0. The molecular weight excluding hydrogens is 309 g/mol. The minimum Gasteiger partial charge on any atom is -0.375 e. The molecule has 0 unspecified atom stereocenters. The number of nitrogens with one attached hydrogen (secondary N) is 1. The minimum atomic E-state index is -4.21. The Balaban J connectivity index is 1.94. The lowest BCUT2D eigenvalue weighted by atomic mass is 9.73. The molecule has 7 heteroatoms. The van der Waals surface area contributed by atoms with Gasteiger partial charge in [0.2, 0.25) is 0 Å². The lowest BCUT2D eigenvalue weighted by Gasteiger charge is -2.45. The zero-order chi connectivity index (χ0) is 17.4. The summed E-state index contributed by atoms with van der Waals surface area (Å²) in [5.41, 5.74) is -0.968. The molecule has 1 N–H and O–H groups in total. The van der Waals surface area contributed by atoms with E-state index in [0.717, 1.165) is 12.8 Å². The van der Waals surface area contributed by atoms with Crippen LogP contribution in [0.15, 0.2) is 0 Å². The van der Waals surface area contributed by atoms with E-state index in [2.05, 4.69) is 5.32 Å². The van der Waals surface area contributed by atoms with Gasteiger partial charge in [-0.05, 0) is 38.5 Å². The topological polar surface area (TPSA) is 41.6 Å². The molecule has 0 saturated carbocycles. The third-order valence-electron chi connectivity index (χ3n) is 4.94. The van der Waals surface area contributed by atoms with Crippen LogP contribution in [0.1, 0.15) is 47.0 Å². The number of hydrogen-bond donors (Lipinski definition) is 1. The van der Waals surface area contributed by atoms with Crippen LogP contribution in [0.5, 0.6) is 0 Å². The smallest absolute Gasteiger partial charge is 0.375 e. The molecule has 2 amide bonds. The Morgan fingerprint density at radius 3 is 2.26 bits per heavy atom. The van der Waals surface area contributed by atoms with Crippen molar-refractivity contribution in [3.8, 4) is 0 Å². The number of urea groups is 1. The van der Waals surface area contributed by atoms with E-state index in [0.29, 0.717) is 0 Å². The average Bonchev–Trinajstić information content (AvgIpc) is 2.34. The van der Waals surface area contributed by atoms with Crippen molar-refractivity contribution in [3.63, 3.8) is 0 Å². The van der Waals surface area contributed by atoms with Gasteiger partial charge in [-0.2, -0.15) is 13.2 Å². The maximum Gasteiger partial charge on any atom is 0.392 e.